The molecule has 0 aromatic heterocycles. The second kappa shape index (κ2) is 5.92. The van der Waals surface area contributed by atoms with E-state index in [1.807, 2.05) is 54.6 Å². The minimum atomic E-state index is -0.661. The zero-order valence-electron chi connectivity index (χ0n) is 14.3. The number of ketones is 1. The number of rotatable bonds is 3. The molecule has 3 atom stereocenters. The summed E-state index contributed by atoms with van der Waals surface area (Å²) < 4.78 is 0. The summed E-state index contributed by atoms with van der Waals surface area (Å²) in [5.74, 6) is -0.878. The van der Waals surface area contributed by atoms with Crippen molar-refractivity contribution in [3.8, 4) is 0 Å². The van der Waals surface area contributed by atoms with E-state index in [2.05, 4.69) is 17.1 Å². The van der Waals surface area contributed by atoms with Crippen LogP contribution in [0.25, 0.3) is 0 Å². The highest BCUT2D eigenvalue weighted by Gasteiger charge is 2.55. The van der Waals surface area contributed by atoms with Crippen molar-refractivity contribution in [2.24, 2.45) is 5.92 Å². The molecule has 4 rings (SSSR count). The van der Waals surface area contributed by atoms with Crippen LogP contribution in [-0.4, -0.2) is 30.4 Å². The number of nitrogens with zero attached hydrogens (tertiary/aromatic N) is 2. The van der Waals surface area contributed by atoms with Crippen LogP contribution in [0.2, 0.25) is 0 Å². The molecule has 2 aromatic rings. The molecule has 0 unspecified atom stereocenters. The Morgan fingerprint density at radius 3 is 2.44 bits per heavy atom. The average Bonchev–Trinajstić information content (AvgIpc) is 2.92. The Balaban J connectivity index is 1.86. The first kappa shape index (κ1) is 15.7. The Morgan fingerprint density at radius 1 is 1.08 bits per heavy atom. The molecule has 2 heterocycles. The maximum atomic E-state index is 13.2. The van der Waals surface area contributed by atoms with Gasteiger partial charge in [-0.2, -0.15) is 0 Å². The van der Waals surface area contributed by atoms with E-state index in [0.29, 0.717) is 0 Å². The monoisotopic (exact) mass is 335 g/mol. The maximum absolute atomic E-state index is 13.2. The molecule has 0 aliphatic carbocycles. The van der Waals surface area contributed by atoms with Gasteiger partial charge in [-0.1, -0.05) is 30.3 Å². The smallest absolute Gasteiger partial charge is 0.241 e. The van der Waals surface area contributed by atoms with Crippen LogP contribution in [-0.2, 0) is 9.59 Å². The normalized spacial score (nSPS) is 24.6. The molecule has 2 aliphatic rings. The molecule has 2 aliphatic heterocycles. The van der Waals surface area contributed by atoms with Gasteiger partial charge in [0.1, 0.15) is 17.9 Å². The quantitative estimate of drug-likeness (QED) is 0.877. The molecular formula is C20H21N3O2. The van der Waals surface area contributed by atoms with E-state index in [4.69, 9.17) is 0 Å². The molecule has 2 aromatic carbocycles. The third-order valence-corrected chi connectivity index (χ3v) is 5.14. The molecule has 1 N–H and O–H groups in total. The van der Waals surface area contributed by atoms with Crippen LogP contribution in [0.1, 0.15) is 13.8 Å². The Bertz CT molecular complexity index is 821. The van der Waals surface area contributed by atoms with E-state index in [1.165, 1.54) is 6.92 Å². The van der Waals surface area contributed by atoms with E-state index < -0.39 is 5.92 Å². The van der Waals surface area contributed by atoms with Gasteiger partial charge >= 0.3 is 0 Å². The molecule has 25 heavy (non-hydrogen) atoms. The Kier molecular flexibility index (Phi) is 3.71. The number of hydrogen-bond acceptors (Lipinski definition) is 4. The van der Waals surface area contributed by atoms with Crippen LogP contribution in [0.5, 0.6) is 0 Å². The molecule has 5 heteroatoms. The third kappa shape index (κ3) is 2.30. The van der Waals surface area contributed by atoms with Crippen LogP contribution in [0.15, 0.2) is 54.6 Å². The largest absolute Gasteiger partial charge is 0.362 e. The van der Waals surface area contributed by atoms with Crippen molar-refractivity contribution < 1.29 is 9.59 Å². The molecule has 1 saturated heterocycles. The predicted octanol–water partition coefficient (Wildman–Crippen LogP) is 2.89. The molecule has 128 valence electrons. The van der Waals surface area contributed by atoms with Crippen molar-refractivity contribution >= 4 is 28.8 Å². The fourth-order valence-electron chi connectivity index (χ4n) is 4.11. The topological polar surface area (TPSA) is 52.7 Å². The van der Waals surface area contributed by atoms with Crippen molar-refractivity contribution in [3.63, 3.8) is 0 Å². The third-order valence-electron chi connectivity index (χ3n) is 5.14. The Morgan fingerprint density at radius 2 is 1.76 bits per heavy atom. The van der Waals surface area contributed by atoms with Gasteiger partial charge in [0.15, 0.2) is 0 Å². The zero-order chi connectivity index (χ0) is 17.6. The summed E-state index contributed by atoms with van der Waals surface area (Å²) in [6.07, 6.45) is -0.265. The summed E-state index contributed by atoms with van der Waals surface area (Å²) in [5, 5.41) is 3.50. The van der Waals surface area contributed by atoms with Crippen LogP contribution >= 0.6 is 0 Å². The van der Waals surface area contributed by atoms with Crippen molar-refractivity contribution in [3.05, 3.63) is 54.6 Å². The number of carbonyl (C=O) groups is 2. The fourth-order valence-corrected chi connectivity index (χ4v) is 4.11. The molecule has 1 amide bonds. The lowest BCUT2D eigenvalue weighted by Crippen LogP contribution is -2.55. The van der Waals surface area contributed by atoms with Crippen LogP contribution in [0, 0.1) is 5.92 Å². The number of carbonyl (C=O) groups excluding carboxylic acids is 2. The first-order valence-electron chi connectivity index (χ1n) is 8.64. The predicted molar refractivity (Wildman–Crippen MR) is 98.8 cm³/mol. The average molecular weight is 335 g/mol. The number of likely N-dealkylation sites (N-methyl/N-ethyl adjacent to an activating group) is 1. The van der Waals surface area contributed by atoms with Gasteiger partial charge < -0.3 is 10.2 Å². The van der Waals surface area contributed by atoms with Crippen molar-refractivity contribution in [2.75, 3.05) is 21.7 Å². The summed E-state index contributed by atoms with van der Waals surface area (Å²) in [7, 11) is 0. The van der Waals surface area contributed by atoms with Gasteiger partial charge in [0.2, 0.25) is 5.91 Å². The van der Waals surface area contributed by atoms with E-state index in [0.717, 1.165) is 23.6 Å². The minimum Gasteiger partial charge on any atom is -0.362 e. The lowest BCUT2D eigenvalue weighted by atomic mass is 9.93. The van der Waals surface area contributed by atoms with Gasteiger partial charge in [-0.3, -0.25) is 14.5 Å². The summed E-state index contributed by atoms with van der Waals surface area (Å²) in [6.45, 7) is 4.31. The number of amides is 1. The van der Waals surface area contributed by atoms with Gasteiger partial charge in [0.05, 0.1) is 17.4 Å². The Hall–Kier alpha value is -2.82. The molecule has 1 fully saturated rings. The van der Waals surface area contributed by atoms with Crippen LogP contribution in [0.3, 0.4) is 0 Å². The summed E-state index contributed by atoms with van der Waals surface area (Å²) in [4.78, 5) is 29.5. The van der Waals surface area contributed by atoms with Gasteiger partial charge in [-0.05, 0) is 38.1 Å². The summed E-state index contributed by atoms with van der Waals surface area (Å²) >= 11 is 0. The molecule has 0 radical (unpaired) electrons. The number of nitrogens with one attached hydrogen (secondary N) is 1. The molecule has 0 bridgehead atoms. The van der Waals surface area contributed by atoms with E-state index >= 15 is 0 Å². The number of para-hydroxylation sites is 3. The number of benzene rings is 2. The summed E-state index contributed by atoms with van der Waals surface area (Å²) in [6, 6.07) is 17.4. The number of anilines is 3. The second-order valence-electron chi connectivity index (χ2n) is 6.52. The second-order valence-corrected chi connectivity index (χ2v) is 6.52. The van der Waals surface area contributed by atoms with Crippen LogP contribution in [0.4, 0.5) is 17.1 Å². The van der Waals surface area contributed by atoms with Crippen LogP contribution < -0.4 is 15.1 Å². The molecule has 5 nitrogen and oxygen atoms in total. The Labute approximate surface area is 147 Å². The SMILES string of the molecule is CCN1c2ccccc2N[C@@H]2[C@@H]1[C@@H](C(C)=O)C(=O)N2c1ccccc1. The first-order valence-corrected chi connectivity index (χ1v) is 8.64. The standard InChI is InChI=1S/C20H21N3O2/c1-3-22-16-12-8-7-11-15(16)21-19-18(22)17(13(2)24)20(25)23(19)14-9-5-4-6-10-14/h4-12,17-19,21H,3H2,1-2H3/t17-,18+,19+/m1/s1. The lowest BCUT2D eigenvalue weighted by Gasteiger charge is -2.43. The van der Waals surface area contributed by atoms with Gasteiger partial charge in [0.25, 0.3) is 0 Å². The van der Waals surface area contributed by atoms with Gasteiger partial charge in [0, 0.05) is 12.2 Å². The maximum Gasteiger partial charge on any atom is 0.241 e. The van der Waals surface area contributed by atoms with Gasteiger partial charge in [-0.25, -0.2) is 0 Å². The minimum absolute atomic E-state index is 0.0851. The highest BCUT2D eigenvalue weighted by Crippen LogP contribution is 2.42. The van der Waals surface area contributed by atoms with Crippen molar-refractivity contribution in [1.82, 2.24) is 0 Å². The lowest BCUT2D eigenvalue weighted by molar-refractivity contribution is -0.129. The van der Waals surface area contributed by atoms with Crippen molar-refractivity contribution in [2.45, 2.75) is 26.1 Å². The number of fused-ring (bicyclic) bond motifs is 2. The number of Topliss-reactive ketones (excluding diaryl/α,β-unsaturated/α-hetero) is 1. The fraction of sp³-hybridized carbons (Fsp3) is 0.300. The van der Waals surface area contributed by atoms with Crippen molar-refractivity contribution in [1.29, 1.82) is 0 Å². The molecule has 0 spiro atoms. The molecular weight excluding hydrogens is 314 g/mol. The van der Waals surface area contributed by atoms with E-state index in [-0.39, 0.29) is 23.9 Å². The highest BCUT2D eigenvalue weighted by atomic mass is 16.2. The van der Waals surface area contributed by atoms with E-state index in [1.54, 1.807) is 4.90 Å². The first-order chi connectivity index (χ1) is 12.1. The highest BCUT2D eigenvalue weighted by molar-refractivity contribution is 6.12. The molecule has 0 saturated carbocycles. The van der Waals surface area contributed by atoms with E-state index in [9.17, 15) is 9.59 Å². The summed E-state index contributed by atoms with van der Waals surface area (Å²) in [5.41, 5.74) is 2.85. The van der Waals surface area contributed by atoms with Gasteiger partial charge in [-0.15, -0.1) is 0 Å². The zero-order valence-corrected chi connectivity index (χ0v) is 14.3. The number of hydrogen-bond donors (Lipinski definition) is 1.